The molecule has 0 fully saturated rings. The molecule has 1 nitrogen and oxygen atoms in total. The molecule has 0 heterocycles. The van der Waals surface area contributed by atoms with E-state index in [0.29, 0.717) is 5.56 Å². The van der Waals surface area contributed by atoms with E-state index in [1.165, 1.54) is 0 Å². The molecule has 0 radical (unpaired) electrons. The van der Waals surface area contributed by atoms with Crippen molar-refractivity contribution in [2.45, 2.75) is 40.5 Å². The number of hydrogen-bond donors (Lipinski definition) is 0. The summed E-state index contributed by atoms with van der Waals surface area (Å²) in [6, 6.07) is 10.7. The molecule has 0 aliphatic heterocycles. The lowest BCUT2D eigenvalue weighted by Crippen LogP contribution is -2.02. The van der Waals surface area contributed by atoms with Gasteiger partial charge in [-0.2, -0.15) is 0 Å². The van der Waals surface area contributed by atoms with E-state index in [1.54, 1.807) is 18.2 Å². The van der Waals surface area contributed by atoms with E-state index in [1.807, 2.05) is 45.9 Å². The average Bonchev–Trinajstić information content (AvgIpc) is 2.52. The smallest absolute Gasteiger partial charge is 0.193 e. The van der Waals surface area contributed by atoms with Crippen LogP contribution in [0.4, 0.5) is 0 Å². The molecule has 18 heavy (non-hydrogen) atoms. The Bertz CT molecular complexity index is 385. The highest BCUT2D eigenvalue weighted by atomic mass is 16.1. The summed E-state index contributed by atoms with van der Waals surface area (Å²) in [4.78, 5) is 11.8. The summed E-state index contributed by atoms with van der Waals surface area (Å²) in [5.74, 6) is 0.0752. The van der Waals surface area contributed by atoms with Crippen molar-refractivity contribution in [1.82, 2.24) is 0 Å². The Kier molecular flexibility index (Phi) is 9.31. The minimum atomic E-state index is 0.0752. The molecule has 2 rings (SSSR count). The van der Waals surface area contributed by atoms with Crippen molar-refractivity contribution in [3.8, 4) is 0 Å². The Balaban J connectivity index is 0.000000659. The Labute approximate surface area is 111 Å². The first-order chi connectivity index (χ1) is 8.88. The molecule has 0 aromatic heterocycles. The number of carbonyl (C=O) groups is 1. The highest BCUT2D eigenvalue weighted by Crippen LogP contribution is 2.14. The third-order valence-electron chi connectivity index (χ3n) is 2.18. The fourth-order valence-corrected chi connectivity index (χ4v) is 1.44. The predicted molar refractivity (Wildman–Crippen MR) is 77.6 cm³/mol. The van der Waals surface area contributed by atoms with Gasteiger partial charge in [0.15, 0.2) is 5.78 Å². The Hall–Kier alpha value is -1.81. The normalized spacial score (nSPS) is 11.9. The number of rotatable bonds is 2. The van der Waals surface area contributed by atoms with Crippen LogP contribution < -0.4 is 0 Å². The van der Waals surface area contributed by atoms with Gasteiger partial charge in [-0.1, -0.05) is 58.1 Å². The molecule has 0 saturated carbocycles. The van der Waals surface area contributed by atoms with Gasteiger partial charge in [0.1, 0.15) is 0 Å². The lowest BCUT2D eigenvalue weighted by Gasteiger charge is -2.04. The van der Waals surface area contributed by atoms with Crippen LogP contribution in [0.15, 0.2) is 42.0 Å². The van der Waals surface area contributed by atoms with Gasteiger partial charge >= 0.3 is 0 Å². The van der Waals surface area contributed by atoms with E-state index < -0.39 is 0 Å². The van der Waals surface area contributed by atoms with Crippen molar-refractivity contribution < 1.29 is 4.79 Å². The molecule has 0 N–H and O–H groups in total. The van der Waals surface area contributed by atoms with E-state index in [0.717, 1.165) is 18.4 Å². The maximum Gasteiger partial charge on any atom is 0.193 e. The van der Waals surface area contributed by atoms with Gasteiger partial charge in [-0.05, 0) is 31.0 Å². The monoisotopic (exact) mass is 242 g/mol. The van der Waals surface area contributed by atoms with Gasteiger partial charge in [0.2, 0.25) is 0 Å². The predicted octanol–water partition coefficient (Wildman–Crippen LogP) is 4.80. The topological polar surface area (TPSA) is 17.1 Å². The summed E-state index contributed by atoms with van der Waals surface area (Å²) < 4.78 is 0. The molecule has 1 heteroatoms. The number of carbonyl (C=O) groups excluding carboxylic acids is 1. The molecule has 0 amide bonds. The Morgan fingerprint density at radius 1 is 1.11 bits per heavy atom. The molecule has 1 aliphatic carbocycles. The summed E-state index contributed by atoms with van der Waals surface area (Å²) in [7, 11) is 0. The van der Waals surface area contributed by atoms with Crippen molar-refractivity contribution >= 4 is 5.78 Å². The molecule has 1 aliphatic rings. The second kappa shape index (κ2) is 10.4. The third kappa shape index (κ3) is 5.01. The molecule has 96 valence electrons. The molecule has 1 aromatic rings. The fourth-order valence-electron chi connectivity index (χ4n) is 1.44. The first-order valence-corrected chi connectivity index (χ1v) is 6.67. The zero-order valence-corrected chi connectivity index (χ0v) is 11.8. The van der Waals surface area contributed by atoms with Crippen LogP contribution in [-0.2, 0) is 0 Å². The largest absolute Gasteiger partial charge is 0.289 e. The van der Waals surface area contributed by atoms with Crippen LogP contribution in [0.1, 0.15) is 50.9 Å². The van der Waals surface area contributed by atoms with Crippen LogP contribution >= 0.6 is 0 Å². The molecule has 0 saturated heterocycles. The van der Waals surface area contributed by atoms with E-state index in [2.05, 4.69) is 12.1 Å². The van der Waals surface area contributed by atoms with E-state index in [9.17, 15) is 4.79 Å². The van der Waals surface area contributed by atoms with Gasteiger partial charge < -0.3 is 0 Å². The van der Waals surface area contributed by atoms with Crippen LogP contribution in [0.5, 0.6) is 0 Å². The van der Waals surface area contributed by atoms with Crippen molar-refractivity contribution in [2.24, 2.45) is 0 Å². The number of allylic oxidation sites excluding steroid dienone is 4. The molecule has 1 aromatic carbocycles. The van der Waals surface area contributed by atoms with Crippen LogP contribution in [-0.4, -0.2) is 5.78 Å². The maximum absolute atomic E-state index is 11.8. The minimum Gasteiger partial charge on any atom is -0.289 e. The molecule has 0 atom stereocenters. The second-order valence-electron chi connectivity index (χ2n) is 3.19. The Morgan fingerprint density at radius 3 is 2.33 bits per heavy atom. The summed E-state index contributed by atoms with van der Waals surface area (Å²) >= 11 is 0. The van der Waals surface area contributed by atoms with Crippen molar-refractivity contribution in [3.05, 3.63) is 59.7 Å². The first-order valence-electron chi connectivity index (χ1n) is 6.67. The van der Waals surface area contributed by atoms with Crippen LogP contribution in [0.25, 0.3) is 0 Å². The number of ketones is 1. The Morgan fingerprint density at radius 2 is 1.83 bits per heavy atom. The summed E-state index contributed by atoms with van der Waals surface area (Å²) in [6.07, 6.45) is 7.90. The zero-order valence-electron chi connectivity index (χ0n) is 11.8. The fraction of sp³-hybridized carbons (Fsp3) is 0.353. The van der Waals surface area contributed by atoms with Crippen molar-refractivity contribution in [1.29, 1.82) is 0 Å². The van der Waals surface area contributed by atoms with Crippen molar-refractivity contribution in [2.75, 3.05) is 0 Å². The highest BCUT2D eigenvalue weighted by Gasteiger charge is 2.09. The summed E-state index contributed by atoms with van der Waals surface area (Å²) in [6.45, 7) is 8.00. The summed E-state index contributed by atoms with van der Waals surface area (Å²) in [5.41, 5.74) is 1.47. The van der Waals surface area contributed by atoms with E-state index in [4.69, 9.17) is 0 Å². The number of Topliss-reactive ketones (excluding diaryl/α,β-unsaturated/α-hetero) is 1. The lowest BCUT2D eigenvalue weighted by molar-refractivity contribution is 0.103. The zero-order chi connectivity index (χ0) is 13.8. The van der Waals surface area contributed by atoms with Gasteiger partial charge in [0.05, 0.1) is 0 Å². The highest BCUT2D eigenvalue weighted by molar-refractivity contribution is 6.10. The SMILES string of the molecule is CC.CC.O=C(C1=CCCC=C1)c1cc#ccc1. The number of hydrogen-bond acceptors (Lipinski definition) is 1. The summed E-state index contributed by atoms with van der Waals surface area (Å²) in [5, 5.41) is 0. The molecular weight excluding hydrogens is 220 g/mol. The standard InChI is InChI=1S/C13H10O.2C2H6/c14-13(11-7-3-1-4-8-11)12-9-5-2-6-10-12;2*1-2/h3,5,7-10H,1,4H2;2*1-2H3. The molecule has 0 unspecified atom stereocenters. The molecule has 0 bridgehead atoms. The van der Waals surface area contributed by atoms with Gasteiger partial charge in [-0.25, -0.2) is 0 Å². The molecule has 0 spiro atoms. The first kappa shape index (κ1) is 16.2. The van der Waals surface area contributed by atoms with Crippen molar-refractivity contribution in [3.63, 3.8) is 0 Å². The van der Waals surface area contributed by atoms with Gasteiger partial charge in [-0.3, -0.25) is 4.79 Å². The average molecular weight is 242 g/mol. The van der Waals surface area contributed by atoms with Crippen LogP contribution in [0, 0.1) is 12.1 Å². The quantitative estimate of drug-likeness (QED) is 0.681. The van der Waals surface area contributed by atoms with Crippen LogP contribution in [0.3, 0.4) is 0 Å². The van der Waals surface area contributed by atoms with Gasteiger partial charge in [-0.15, -0.1) is 0 Å². The van der Waals surface area contributed by atoms with E-state index in [-0.39, 0.29) is 5.78 Å². The second-order valence-corrected chi connectivity index (χ2v) is 3.19. The van der Waals surface area contributed by atoms with Crippen LogP contribution in [0.2, 0.25) is 0 Å². The van der Waals surface area contributed by atoms with E-state index >= 15 is 0 Å². The lowest BCUT2D eigenvalue weighted by atomic mass is 9.99. The third-order valence-corrected chi connectivity index (χ3v) is 2.18. The van der Waals surface area contributed by atoms with Gasteiger partial charge in [0, 0.05) is 11.1 Å². The molecular formula is C17H22O. The minimum absolute atomic E-state index is 0.0752. The van der Waals surface area contributed by atoms with Gasteiger partial charge in [0.25, 0.3) is 0 Å². The maximum atomic E-state index is 11.8.